The second-order valence-corrected chi connectivity index (χ2v) is 8.15. The molecule has 0 aliphatic heterocycles. The lowest BCUT2D eigenvalue weighted by Gasteiger charge is -2.18. The highest BCUT2D eigenvalue weighted by molar-refractivity contribution is 7.89. The standard InChI is InChI=1S/C19H29N3O2S/c1-6-14(4)16-9-11-17(12-10-16)18(7-2)21-25(23,24)19-13-20-22(8-3)15(19)5/h9-14,18,21H,6-8H2,1-5H3/t14-,18+/m0/s1. The lowest BCUT2D eigenvalue weighted by Crippen LogP contribution is -2.28. The monoisotopic (exact) mass is 363 g/mol. The van der Waals surface area contributed by atoms with Gasteiger partial charge in [0, 0.05) is 12.6 Å². The Bertz CT molecular complexity index is 795. The highest BCUT2D eigenvalue weighted by Gasteiger charge is 2.24. The lowest BCUT2D eigenvalue weighted by molar-refractivity contribution is 0.548. The van der Waals surface area contributed by atoms with Crippen LogP contribution in [0.2, 0.25) is 0 Å². The Labute approximate surface area is 151 Å². The molecule has 1 heterocycles. The van der Waals surface area contributed by atoms with Crippen molar-refractivity contribution >= 4 is 10.0 Å². The molecule has 0 spiro atoms. The zero-order chi connectivity index (χ0) is 18.6. The van der Waals surface area contributed by atoms with E-state index in [1.54, 1.807) is 11.6 Å². The van der Waals surface area contributed by atoms with E-state index in [9.17, 15) is 8.42 Å². The number of benzene rings is 1. The van der Waals surface area contributed by atoms with Gasteiger partial charge in [-0.2, -0.15) is 5.10 Å². The van der Waals surface area contributed by atoms with Crippen LogP contribution in [0.4, 0.5) is 0 Å². The van der Waals surface area contributed by atoms with Crippen molar-refractivity contribution in [3.8, 4) is 0 Å². The fourth-order valence-corrected chi connectivity index (χ4v) is 4.43. The van der Waals surface area contributed by atoms with Gasteiger partial charge in [-0.25, -0.2) is 13.1 Å². The summed E-state index contributed by atoms with van der Waals surface area (Å²) in [7, 11) is -3.60. The first-order valence-corrected chi connectivity index (χ1v) is 10.5. The van der Waals surface area contributed by atoms with E-state index in [0.717, 1.165) is 12.0 Å². The first kappa shape index (κ1) is 19.7. The third kappa shape index (κ3) is 4.30. The van der Waals surface area contributed by atoms with Crippen LogP contribution in [-0.4, -0.2) is 18.2 Å². The van der Waals surface area contributed by atoms with Gasteiger partial charge in [-0.3, -0.25) is 4.68 Å². The molecular formula is C19H29N3O2S. The summed E-state index contributed by atoms with van der Waals surface area (Å²) in [6, 6.07) is 8.00. The summed E-state index contributed by atoms with van der Waals surface area (Å²) in [5.41, 5.74) is 2.93. The van der Waals surface area contributed by atoms with Gasteiger partial charge in [-0.05, 0) is 43.7 Å². The van der Waals surface area contributed by atoms with Crippen LogP contribution in [-0.2, 0) is 16.6 Å². The largest absolute Gasteiger partial charge is 0.269 e. The van der Waals surface area contributed by atoms with Gasteiger partial charge in [0.2, 0.25) is 10.0 Å². The molecule has 2 atom stereocenters. The Balaban J connectivity index is 2.24. The fraction of sp³-hybridized carbons (Fsp3) is 0.526. The molecule has 0 fully saturated rings. The van der Waals surface area contributed by atoms with Crippen LogP contribution < -0.4 is 4.72 Å². The van der Waals surface area contributed by atoms with Crippen molar-refractivity contribution in [1.29, 1.82) is 0 Å². The average molecular weight is 364 g/mol. The van der Waals surface area contributed by atoms with Gasteiger partial charge in [0.15, 0.2) is 0 Å². The molecule has 0 bridgehead atoms. The van der Waals surface area contributed by atoms with Crippen molar-refractivity contribution < 1.29 is 8.42 Å². The van der Waals surface area contributed by atoms with Gasteiger partial charge in [0.05, 0.1) is 11.9 Å². The number of sulfonamides is 1. The first-order valence-electron chi connectivity index (χ1n) is 8.98. The Morgan fingerprint density at radius 1 is 1.08 bits per heavy atom. The van der Waals surface area contributed by atoms with Crippen LogP contribution in [0.3, 0.4) is 0 Å². The molecule has 5 nitrogen and oxygen atoms in total. The highest BCUT2D eigenvalue weighted by atomic mass is 32.2. The minimum absolute atomic E-state index is 0.250. The van der Waals surface area contributed by atoms with Crippen LogP contribution in [0.1, 0.15) is 69.3 Å². The third-order valence-electron chi connectivity index (χ3n) is 4.87. The Morgan fingerprint density at radius 2 is 1.68 bits per heavy atom. The molecule has 0 saturated carbocycles. The average Bonchev–Trinajstić information content (AvgIpc) is 3.00. The number of nitrogens with zero attached hydrogens (tertiary/aromatic N) is 2. The number of aromatic nitrogens is 2. The second-order valence-electron chi connectivity index (χ2n) is 6.47. The van der Waals surface area contributed by atoms with E-state index in [2.05, 4.69) is 35.8 Å². The summed E-state index contributed by atoms with van der Waals surface area (Å²) >= 11 is 0. The summed E-state index contributed by atoms with van der Waals surface area (Å²) in [5, 5.41) is 4.14. The van der Waals surface area contributed by atoms with Gasteiger partial charge in [-0.15, -0.1) is 0 Å². The van der Waals surface area contributed by atoms with Crippen molar-refractivity contribution in [2.75, 3.05) is 0 Å². The van der Waals surface area contributed by atoms with Crippen LogP contribution >= 0.6 is 0 Å². The predicted octanol–water partition coefficient (Wildman–Crippen LogP) is 4.15. The van der Waals surface area contributed by atoms with Crippen LogP contribution in [0.5, 0.6) is 0 Å². The molecular weight excluding hydrogens is 334 g/mol. The molecule has 25 heavy (non-hydrogen) atoms. The lowest BCUT2D eigenvalue weighted by atomic mass is 9.96. The maximum Gasteiger partial charge on any atom is 0.244 e. The number of rotatable bonds is 8. The molecule has 0 aliphatic carbocycles. The molecule has 1 aromatic heterocycles. The van der Waals surface area contributed by atoms with Gasteiger partial charge >= 0.3 is 0 Å². The predicted molar refractivity (Wildman–Crippen MR) is 101 cm³/mol. The van der Waals surface area contributed by atoms with E-state index >= 15 is 0 Å². The molecule has 6 heteroatoms. The smallest absolute Gasteiger partial charge is 0.244 e. The van der Waals surface area contributed by atoms with Crippen molar-refractivity contribution in [3.05, 3.63) is 47.3 Å². The minimum atomic E-state index is -3.60. The summed E-state index contributed by atoms with van der Waals surface area (Å²) in [6.45, 7) is 10.7. The molecule has 0 unspecified atom stereocenters. The Hall–Kier alpha value is -1.66. The second kappa shape index (κ2) is 8.15. The normalized spacial score (nSPS) is 14.4. The summed E-state index contributed by atoms with van der Waals surface area (Å²) in [5.74, 6) is 0.508. The van der Waals surface area contributed by atoms with E-state index in [0.29, 0.717) is 24.6 Å². The van der Waals surface area contributed by atoms with Crippen LogP contribution in [0.15, 0.2) is 35.4 Å². The molecule has 2 rings (SSSR count). The number of hydrogen-bond donors (Lipinski definition) is 1. The molecule has 0 aliphatic rings. The molecule has 0 radical (unpaired) electrons. The highest BCUT2D eigenvalue weighted by Crippen LogP contribution is 2.25. The Kier molecular flexibility index (Phi) is 6.41. The van der Waals surface area contributed by atoms with Crippen LogP contribution in [0.25, 0.3) is 0 Å². The molecule has 1 N–H and O–H groups in total. The van der Waals surface area contributed by atoms with E-state index in [4.69, 9.17) is 0 Å². The number of aryl methyl sites for hydroxylation is 1. The third-order valence-corrected chi connectivity index (χ3v) is 6.45. The van der Waals surface area contributed by atoms with Crippen molar-refractivity contribution in [2.24, 2.45) is 0 Å². The minimum Gasteiger partial charge on any atom is -0.269 e. The van der Waals surface area contributed by atoms with Crippen LogP contribution in [0, 0.1) is 6.92 Å². The number of nitrogens with one attached hydrogen (secondary N) is 1. The molecule has 2 aromatic rings. The SMILES string of the molecule is CC[C@H](C)c1ccc([C@@H](CC)NS(=O)(=O)c2cnn(CC)c2C)cc1. The summed E-state index contributed by atoms with van der Waals surface area (Å²) in [6.07, 6.45) is 3.20. The van der Waals surface area contributed by atoms with Gasteiger partial charge in [-0.1, -0.05) is 45.0 Å². The maximum atomic E-state index is 12.8. The first-order chi connectivity index (χ1) is 11.8. The zero-order valence-corrected chi connectivity index (χ0v) is 16.6. The van der Waals surface area contributed by atoms with E-state index in [1.165, 1.54) is 11.8 Å². The topological polar surface area (TPSA) is 64.0 Å². The molecule has 0 amide bonds. The Morgan fingerprint density at radius 3 is 2.16 bits per heavy atom. The fourth-order valence-electron chi connectivity index (χ4n) is 2.94. The number of hydrogen-bond acceptors (Lipinski definition) is 3. The quantitative estimate of drug-likeness (QED) is 0.766. The van der Waals surface area contributed by atoms with Gasteiger partial charge in [0.1, 0.15) is 4.90 Å². The summed E-state index contributed by atoms with van der Waals surface area (Å²) in [4.78, 5) is 0.254. The van der Waals surface area contributed by atoms with Gasteiger partial charge in [0.25, 0.3) is 0 Å². The molecule has 1 aromatic carbocycles. The van der Waals surface area contributed by atoms with E-state index < -0.39 is 10.0 Å². The van der Waals surface area contributed by atoms with Crippen molar-refractivity contribution in [3.63, 3.8) is 0 Å². The molecule has 138 valence electrons. The van der Waals surface area contributed by atoms with Crippen molar-refractivity contribution in [2.45, 2.75) is 70.9 Å². The molecule has 0 saturated heterocycles. The van der Waals surface area contributed by atoms with E-state index in [1.807, 2.05) is 26.0 Å². The zero-order valence-electron chi connectivity index (χ0n) is 15.8. The van der Waals surface area contributed by atoms with E-state index in [-0.39, 0.29) is 10.9 Å². The van der Waals surface area contributed by atoms with Gasteiger partial charge < -0.3 is 0 Å². The maximum absolute atomic E-state index is 12.8. The summed E-state index contributed by atoms with van der Waals surface area (Å²) < 4.78 is 30.1. The van der Waals surface area contributed by atoms with Crippen molar-refractivity contribution in [1.82, 2.24) is 14.5 Å².